The monoisotopic (exact) mass is 339 g/mol. The molecule has 4 heteroatoms. The molecule has 0 heterocycles. The van der Waals surface area contributed by atoms with Gasteiger partial charge in [0.05, 0.1) is 5.56 Å². The Morgan fingerprint density at radius 2 is 1.76 bits per heavy atom. The average molecular weight is 339 g/mol. The van der Waals surface area contributed by atoms with Crippen molar-refractivity contribution in [2.75, 3.05) is 6.61 Å². The Morgan fingerprint density at radius 1 is 1.04 bits per heavy atom. The molecule has 2 aromatic carbocycles. The maximum Gasteiger partial charge on any atom is 0.338 e. The van der Waals surface area contributed by atoms with Crippen molar-refractivity contribution in [3.05, 3.63) is 70.8 Å². The molecule has 0 saturated heterocycles. The van der Waals surface area contributed by atoms with E-state index in [1.807, 2.05) is 51.1 Å². The molecular weight excluding hydrogens is 314 g/mol. The summed E-state index contributed by atoms with van der Waals surface area (Å²) in [6, 6.07) is 15.6. The molecule has 0 saturated carbocycles. The fraction of sp³-hybridized carbons (Fsp3) is 0.333. The second-order valence-electron chi connectivity index (χ2n) is 6.32. The summed E-state index contributed by atoms with van der Waals surface area (Å²) in [5.74, 6) is -0.743. The molecule has 2 aromatic rings. The highest BCUT2D eigenvalue weighted by Gasteiger charge is 2.14. The number of hydrogen-bond donors (Lipinski definition) is 1. The Balaban J connectivity index is 1.76. The fourth-order valence-electron chi connectivity index (χ4n) is 2.60. The molecule has 2 rings (SSSR count). The molecule has 0 bridgehead atoms. The predicted molar refractivity (Wildman–Crippen MR) is 98.6 cm³/mol. The molecule has 132 valence electrons. The van der Waals surface area contributed by atoms with Gasteiger partial charge >= 0.3 is 5.97 Å². The minimum atomic E-state index is -0.465. The van der Waals surface area contributed by atoms with Crippen molar-refractivity contribution >= 4 is 11.9 Å². The van der Waals surface area contributed by atoms with Gasteiger partial charge in [0.15, 0.2) is 6.61 Å². The highest BCUT2D eigenvalue weighted by molar-refractivity contribution is 5.93. The van der Waals surface area contributed by atoms with Crippen LogP contribution in [0.5, 0.6) is 0 Å². The van der Waals surface area contributed by atoms with E-state index in [2.05, 4.69) is 17.4 Å². The van der Waals surface area contributed by atoms with Crippen LogP contribution in [-0.4, -0.2) is 24.5 Å². The normalized spacial score (nSPS) is 11.6. The molecule has 0 aliphatic rings. The minimum Gasteiger partial charge on any atom is -0.452 e. The van der Waals surface area contributed by atoms with Gasteiger partial charge in [0.2, 0.25) is 0 Å². The third kappa shape index (κ3) is 5.75. The van der Waals surface area contributed by atoms with Gasteiger partial charge in [-0.2, -0.15) is 0 Å². The average Bonchev–Trinajstić information content (AvgIpc) is 2.61. The third-order valence-electron chi connectivity index (χ3n) is 4.28. The number of benzene rings is 2. The van der Waals surface area contributed by atoms with Gasteiger partial charge in [-0.25, -0.2) is 4.79 Å². The number of esters is 1. The number of amides is 1. The van der Waals surface area contributed by atoms with Gasteiger partial charge < -0.3 is 10.1 Å². The Kier molecular flexibility index (Phi) is 6.75. The lowest BCUT2D eigenvalue weighted by Gasteiger charge is -2.14. The van der Waals surface area contributed by atoms with Crippen LogP contribution in [0, 0.1) is 13.8 Å². The minimum absolute atomic E-state index is 0.0205. The van der Waals surface area contributed by atoms with Crippen LogP contribution in [0.2, 0.25) is 0 Å². The van der Waals surface area contributed by atoms with Crippen LogP contribution in [0.4, 0.5) is 0 Å². The standard InChI is InChI=1S/C21H25NO3/c1-15-8-7-11-19(17(15)3)21(24)25-14-20(23)22-16(2)12-13-18-9-5-4-6-10-18/h4-11,16H,12-14H2,1-3H3,(H,22,23)/t16-/m1/s1. The lowest BCUT2D eigenvalue weighted by molar-refractivity contribution is -0.124. The molecule has 0 spiro atoms. The first-order valence-corrected chi connectivity index (χ1v) is 8.54. The van der Waals surface area contributed by atoms with Crippen molar-refractivity contribution in [1.29, 1.82) is 0 Å². The molecule has 0 aliphatic carbocycles. The van der Waals surface area contributed by atoms with E-state index in [1.54, 1.807) is 6.07 Å². The largest absolute Gasteiger partial charge is 0.452 e. The Bertz CT molecular complexity index is 725. The molecule has 0 aliphatic heterocycles. The Hall–Kier alpha value is -2.62. The van der Waals surface area contributed by atoms with Crippen LogP contribution < -0.4 is 5.32 Å². The van der Waals surface area contributed by atoms with Crippen LogP contribution in [0.1, 0.15) is 40.4 Å². The van der Waals surface area contributed by atoms with Crippen molar-refractivity contribution < 1.29 is 14.3 Å². The smallest absolute Gasteiger partial charge is 0.338 e. The van der Waals surface area contributed by atoms with E-state index in [0.717, 1.165) is 24.0 Å². The van der Waals surface area contributed by atoms with Gasteiger partial charge in [-0.05, 0) is 56.4 Å². The second-order valence-corrected chi connectivity index (χ2v) is 6.32. The quantitative estimate of drug-likeness (QED) is 0.784. The number of ether oxygens (including phenoxy) is 1. The summed E-state index contributed by atoms with van der Waals surface area (Å²) in [5, 5.41) is 2.87. The molecular formula is C21H25NO3. The summed E-state index contributed by atoms with van der Waals surface area (Å²) in [7, 11) is 0. The summed E-state index contributed by atoms with van der Waals surface area (Å²) < 4.78 is 5.14. The van der Waals surface area contributed by atoms with Crippen molar-refractivity contribution in [2.45, 2.75) is 39.7 Å². The van der Waals surface area contributed by atoms with E-state index in [9.17, 15) is 9.59 Å². The third-order valence-corrected chi connectivity index (χ3v) is 4.28. The van der Waals surface area contributed by atoms with Crippen LogP contribution in [0.15, 0.2) is 48.5 Å². The van der Waals surface area contributed by atoms with Gasteiger partial charge in [-0.3, -0.25) is 4.79 Å². The van der Waals surface area contributed by atoms with Gasteiger partial charge in [0.25, 0.3) is 5.91 Å². The van der Waals surface area contributed by atoms with Crippen molar-refractivity contribution in [1.82, 2.24) is 5.32 Å². The fourth-order valence-corrected chi connectivity index (χ4v) is 2.60. The number of rotatable bonds is 7. The first-order valence-electron chi connectivity index (χ1n) is 8.54. The molecule has 0 radical (unpaired) electrons. The van der Waals surface area contributed by atoms with Crippen molar-refractivity contribution in [2.24, 2.45) is 0 Å². The van der Waals surface area contributed by atoms with Crippen LogP contribution in [0.3, 0.4) is 0 Å². The summed E-state index contributed by atoms with van der Waals surface area (Å²) in [6.45, 7) is 5.50. The lowest BCUT2D eigenvalue weighted by atomic mass is 10.0. The number of carbonyl (C=O) groups is 2. The van der Waals surface area contributed by atoms with E-state index in [-0.39, 0.29) is 18.6 Å². The van der Waals surface area contributed by atoms with E-state index >= 15 is 0 Å². The molecule has 1 N–H and O–H groups in total. The highest BCUT2D eigenvalue weighted by Crippen LogP contribution is 2.13. The molecule has 4 nitrogen and oxygen atoms in total. The second kappa shape index (κ2) is 9.02. The zero-order valence-electron chi connectivity index (χ0n) is 15.0. The summed E-state index contributed by atoms with van der Waals surface area (Å²) >= 11 is 0. The Morgan fingerprint density at radius 3 is 2.48 bits per heavy atom. The molecule has 0 unspecified atom stereocenters. The van der Waals surface area contributed by atoms with Crippen molar-refractivity contribution in [3.8, 4) is 0 Å². The lowest BCUT2D eigenvalue weighted by Crippen LogP contribution is -2.36. The molecule has 1 atom stereocenters. The van der Waals surface area contributed by atoms with Gasteiger partial charge in [-0.15, -0.1) is 0 Å². The van der Waals surface area contributed by atoms with Gasteiger partial charge in [-0.1, -0.05) is 42.5 Å². The first kappa shape index (κ1) is 18.7. The summed E-state index contributed by atoms with van der Waals surface area (Å²) in [4.78, 5) is 24.1. The molecule has 0 fully saturated rings. The molecule has 25 heavy (non-hydrogen) atoms. The van der Waals surface area contributed by atoms with E-state index in [4.69, 9.17) is 4.74 Å². The number of aryl methyl sites for hydroxylation is 2. The Labute approximate surface area is 149 Å². The molecule has 0 aromatic heterocycles. The first-order chi connectivity index (χ1) is 12.0. The zero-order valence-corrected chi connectivity index (χ0v) is 15.0. The number of nitrogens with one attached hydrogen (secondary N) is 1. The number of hydrogen-bond acceptors (Lipinski definition) is 3. The maximum absolute atomic E-state index is 12.1. The van der Waals surface area contributed by atoms with Crippen LogP contribution in [0.25, 0.3) is 0 Å². The SMILES string of the molecule is Cc1cccc(C(=O)OCC(=O)N[C@H](C)CCc2ccccc2)c1C. The predicted octanol–water partition coefficient (Wildman–Crippen LogP) is 3.60. The summed E-state index contributed by atoms with van der Waals surface area (Å²) in [5.41, 5.74) is 3.65. The van der Waals surface area contributed by atoms with Gasteiger partial charge in [0, 0.05) is 6.04 Å². The van der Waals surface area contributed by atoms with E-state index < -0.39 is 5.97 Å². The van der Waals surface area contributed by atoms with Crippen LogP contribution >= 0.6 is 0 Å². The zero-order chi connectivity index (χ0) is 18.2. The van der Waals surface area contributed by atoms with E-state index in [0.29, 0.717) is 5.56 Å². The van der Waals surface area contributed by atoms with E-state index in [1.165, 1.54) is 5.56 Å². The van der Waals surface area contributed by atoms with Crippen molar-refractivity contribution in [3.63, 3.8) is 0 Å². The summed E-state index contributed by atoms with van der Waals surface area (Å²) in [6.07, 6.45) is 1.73. The van der Waals surface area contributed by atoms with Crippen LogP contribution in [-0.2, 0) is 16.0 Å². The highest BCUT2D eigenvalue weighted by atomic mass is 16.5. The van der Waals surface area contributed by atoms with Gasteiger partial charge in [0.1, 0.15) is 0 Å². The number of carbonyl (C=O) groups excluding carboxylic acids is 2. The maximum atomic E-state index is 12.1. The topological polar surface area (TPSA) is 55.4 Å². The molecule has 1 amide bonds.